The van der Waals surface area contributed by atoms with Gasteiger partial charge in [0.1, 0.15) is 40.2 Å². The molecule has 2 aromatic heterocycles. The molecule has 0 spiro atoms. The highest BCUT2D eigenvalue weighted by atomic mass is 35.5. The number of fused-ring (bicyclic) bond motifs is 1. The third-order valence-electron chi connectivity index (χ3n) is 5.82. The molecule has 2 atom stereocenters. The lowest BCUT2D eigenvalue weighted by Crippen LogP contribution is -2.70. The van der Waals surface area contributed by atoms with E-state index in [1.54, 1.807) is 12.1 Å². The van der Waals surface area contributed by atoms with Crippen molar-refractivity contribution in [3.8, 4) is 5.75 Å². The standard InChI is InChI=1S/C24H21ClN4O6S3/c1-11-4-3-5-15(25)19(11)34-8-14-6-7-16(35-14)20(30)26-17-21(31)29-18(23(32)33)13(9-36-22(17)29)10-37-24-28-27-12(2)38-24/h3-7,17,22H,8-10H2,1-2H3,(H,26,30)(H,32,33)/t17-,22+/m0/s1. The molecule has 2 N–H and O–H groups in total. The molecule has 1 aromatic carbocycles. The van der Waals surface area contributed by atoms with Crippen molar-refractivity contribution in [1.82, 2.24) is 20.4 Å². The maximum atomic E-state index is 12.9. The molecule has 198 valence electrons. The number of para-hydroxylation sites is 1. The highest BCUT2D eigenvalue weighted by Gasteiger charge is 2.54. The number of nitrogens with zero attached hydrogens (tertiary/aromatic N) is 3. The van der Waals surface area contributed by atoms with Crippen molar-refractivity contribution in [2.45, 2.75) is 36.2 Å². The van der Waals surface area contributed by atoms with Gasteiger partial charge in [-0.05, 0) is 43.2 Å². The van der Waals surface area contributed by atoms with Crippen LogP contribution in [0.2, 0.25) is 5.02 Å². The van der Waals surface area contributed by atoms with Gasteiger partial charge in [0, 0.05) is 11.5 Å². The number of thioether (sulfide) groups is 2. The minimum absolute atomic E-state index is 0.0185. The minimum atomic E-state index is -1.18. The molecule has 5 rings (SSSR count). The summed E-state index contributed by atoms with van der Waals surface area (Å²) in [6.07, 6.45) is 0. The van der Waals surface area contributed by atoms with E-state index in [0.29, 0.717) is 33.6 Å². The number of carboxylic acid groups (broad SMARTS) is 1. The largest absolute Gasteiger partial charge is 0.484 e. The van der Waals surface area contributed by atoms with Crippen molar-refractivity contribution in [3.63, 3.8) is 0 Å². The van der Waals surface area contributed by atoms with Gasteiger partial charge < -0.3 is 19.6 Å². The Morgan fingerprint density at radius 1 is 1.29 bits per heavy atom. The molecule has 4 heterocycles. The number of β-lactam (4-membered cyclic amide) rings is 1. The van der Waals surface area contributed by atoms with Gasteiger partial charge in [0.2, 0.25) is 0 Å². The van der Waals surface area contributed by atoms with E-state index in [2.05, 4.69) is 15.5 Å². The Morgan fingerprint density at radius 2 is 2.11 bits per heavy atom. The summed E-state index contributed by atoms with van der Waals surface area (Å²) in [7, 11) is 0. The second-order valence-corrected chi connectivity index (χ2v) is 12.4. The van der Waals surface area contributed by atoms with E-state index in [4.69, 9.17) is 20.8 Å². The number of ether oxygens (including phenoxy) is 1. The van der Waals surface area contributed by atoms with E-state index >= 15 is 0 Å². The van der Waals surface area contributed by atoms with Crippen LogP contribution in [-0.4, -0.2) is 60.9 Å². The number of furan rings is 1. The molecular formula is C24H21ClN4O6S3. The lowest BCUT2D eigenvalue weighted by molar-refractivity contribution is -0.148. The maximum absolute atomic E-state index is 12.9. The first-order chi connectivity index (χ1) is 18.2. The van der Waals surface area contributed by atoms with Crippen LogP contribution in [0.1, 0.15) is 26.9 Å². The molecule has 0 saturated carbocycles. The number of aromatic nitrogens is 2. The number of aliphatic carboxylic acids is 1. The molecule has 2 amide bonds. The van der Waals surface area contributed by atoms with Crippen LogP contribution in [0.25, 0.3) is 0 Å². The summed E-state index contributed by atoms with van der Waals surface area (Å²) >= 11 is 10.4. The number of carbonyl (C=O) groups is 3. The molecule has 0 unspecified atom stereocenters. The highest BCUT2D eigenvalue weighted by molar-refractivity contribution is 8.01. The lowest BCUT2D eigenvalue weighted by atomic mass is 10.0. The third kappa shape index (κ3) is 5.28. The summed E-state index contributed by atoms with van der Waals surface area (Å²) in [4.78, 5) is 39.1. The Labute approximate surface area is 234 Å². The summed E-state index contributed by atoms with van der Waals surface area (Å²) < 4.78 is 12.1. The molecule has 1 fully saturated rings. The van der Waals surface area contributed by atoms with Gasteiger partial charge in [-0.3, -0.25) is 14.5 Å². The molecular weight excluding hydrogens is 572 g/mol. The zero-order valence-corrected chi connectivity index (χ0v) is 23.3. The Kier molecular flexibility index (Phi) is 7.70. The molecule has 3 aromatic rings. The highest BCUT2D eigenvalue weighted by Crippen LogP contribution is 2.42. The molecule has 14 heteroatoms. The van der Waals surface area contributed by atoms with Crippen molar-refractivity contribution in [2.75, 3.05) is 11.5 Å². The Balaban J connectivity index is 1.21. The van der Waals surface area contributed by atoms with Crippen LogP contribution >= 0.6 is 46.5 Å². The summed E-state index contributed by atoms with van der Waals surface area (Å²) in [5.74, 6) is -0.480. The average Bonchev–Trinajstić information content (AvgIpc) is 3.53. The first-order valence-corrected chi connectivity index (χ1v) is 14.6. The number of halogens is 1. The Hall–Kier alpha value is -3.00. The zero-order valence-electron chi connectivity index (χ0n) is 20.1. The average molecular weight is 593 g/mol. The molecule has 2 aliphatic rings. The molecule has 0 bridgehead atoms. The van der Waals surface area contributed by atoms with Crippen molar-refractivity contribution < 1.29 is 28.6 Å². The van der Waals surface area contributed by atoms with Gasteiger partial charge >= 0.3 is 5.97 Å². The lowest BCUT2D eigenvalue weighted by Gasteiger charge is -2.49. The molecule has 1 saturated heterocycles. The number of amides is 2. The van der Waals surface area contributed by atoms with E-state index in [1.165, 1.54) is 45.8 Å². The minimum Gasteiger partial charge on any atom is -0.484 e. The quantitative estimate of drug-likeness (QED) is 0.276. The number of rotatable bonds is 9. The number of hydrogen-bond donors (Lipinski definition) is 2. The van der Waals surface area contributed by atoms with E-state index < -0.39 is 29.2 Å². The first-order valence-electron chi connectivity index (χ1n) is 11.3. The monoisotopic (exact) mass is 592 g/mol. The number of benzene rings is 1. The van der Waals surface area contributed by atoms with Gasteiger partial charge in [-0.15, -0.1) is 22.0 Å². The number of hydrogen-bond acceptors (Lipinski definition) is 10. The molecule has 0 aliphatic carbocycles. The number of aryl methyl sites for hydroxylation is 2. The smallest absolute Gasteiger partial charge is 0.352 e. The second kappa shape index (κ2) is 11.0. The van der Waals surface area contributed by atoms with Gasteiger partial charge in [-0.1, -0.05) is 46.8 Å². The first kappa shape index (κ1) is 26.6. The number of carbonyl (C=O) groups excluding carboxylic acids is 2. The van der Waals surface area contributed by atoms with Crippen LogP contribution in [0.15, 0.2) is 50.4 Å². The molecule has 10 nitrogen and oxygen atoms in total. The van der Waals surface area contributed by atoms with E-state index in [9.17, 15) is 19.5 Å². The third-order valence-corrected chi connectivity index (χ3v) is 9.52. The van der Waals surface area contributed by atoms with Crippen LogP contribution in [0, 0.1) is 13.8 Å². The molecule has 0 radical (unpaired) electrons. The summed E-state index contributed by atoms with van der Waals surface area (Å²) in [6, 6.07) is 7.66. The normalized spacial score (nSPS) is 18.7. The van der Waals surface area contributed by atoms with Crippen molar-refractivity contribution in [3.05, 3.63) is 68.7 Å². The maximum Gasteiger partial charge on any atom is 0.352 e. The van der Waals surface area contributed by atoms with E-state index in [1.807, 2.05) is 26.0 Å². The topological polar surface area (TPSA) is 135 Å². The van der Waals surface area contributed by atoms with Gasteiger partial charge in [-0.25, -0.2) is 4.79 Å². The van der Waals surface area contributed by atoms with Crippen LogP contribution in [0.5, 0.6) is 5.75 Å². The van der Waals surface area contributed by atoms with Crippen molar-refractivity contribution >= 4 is 64.2 Å². The predicted molar refractivity (Wildman–Crippen MR) is 144 cm³/mol. The summed E-state index contributed by atoms with van der Waals surface area (Å²) in [6.45, 7) is 3.78. The number of carboxylic acids is 1. The van der Waals surface area contributed by atoms with E-state index in [0.717, 1.165) is 14.9 Å². The van der Waals surface area contributed by atoms with E-state index in [-0.39, 0.29) is 18.1 Å². The zero-order chi connectivity index (χ0) is 27.0. The van der Waals surface area contributed by atoms with Crippen LogP contribution in [0.3, 0.4) is 0 Å². The van der Waals surface area contributed by atoms with Crippen molar-refractivity contribution in [2.24, 2.45) is 0 Å². The van der Waals surface area contributed by atoms with Crippen LogP contribution < -0.4 is 10.1 Å². The van der Waals surface area contributed by atoms with Gasteiger partial charge in [0.05, 0.1) is 5.02 Å². The Bertz CT molecular complexity index is 1430. The van der Waals surface area contributed by atoms with Gasteiger partial charge in [0.25, 0.3) is 11.8 Å². The fourth-order valence-corrected chi connectivity index (χ4v) is 7.59. The summed E-state index contributed by atoms with van der Waals surface area (Å²) in [5, 5.41) is 21.3. The van der Waals surface area contributed by atoms with Crippen LogP contribution in [0.4, 0.5) is 0 Å². The van der Waals surface area contributed by atoms with Gasteiger partial charge in [-0.2, -0.15) is 0 Å². The second-order valence-electron chi connectivity index (χ2n) is 8.43. The molecule has 2 aliphatic heterocycles. The number of nitrogens with one attached hydrogen (secondary N) is 1. The van der Waals surface area contributed by atoms with Gasteiger partial charge in [0.15, 0.2) is 10.1 Å². The summed E-state index contributed by atoms with van der Waals surface area (Å²) in [5.41, 5.74) is 1.45. The van der Waals surface area contributed by atoms with Crippen molar-refractivity contribution in [1.29, 1.82) is 0 Å². The fourth-order valence-electron chi connectivity index (χ4n) is 4.01. The van der Waals surface area contributed by atoms with Crippen LogP contribution in [-0.2, 0) is 16.2 Å². The molecule has 38 heavy (non-hydrogen) atoms. The Morgan fingerprint density at radius 3 is 2.82 bits per heavy atom. The predicted octanol–water partition coefficient (Wildman–Crippen LogP) is 4.12. The fraction of sp³-hybridized carbons (Fsp3) is 0.292. The SMILES string of the molecule is Cc1nnc(SCC2=C(C(=O)O)N3C(=O)[C@H](NC(=O)c4ccc(COc5c(C)cccc5Cl)o4)[C@H]3SC2)s1.